The van der Waals surface area contributed by atoms with E-state index in [2.05, 4.69) is 23.5 Å². The largest absolute Gasteiger partial charge is 0.496 e. The summed E-state index contributed by atoms with van der Waals surface area (Å²) in [5, 5.41) is 3.53. The Morgan fingerprint density at radius 1 is 1.00 bits per heavy atom. The van der Waals surface area contributed by atoms with Crippen molar-refractivity contribution >= 4 is 0 Å². The Hall–Kier alpha value is -1.02. The van der Waals surface area contributed by atoms with Gasteiger partial charge in [-0.25, -0.2) is 0 Å². The maximum absolute atomic E-state index is 5.63. The van der Waals surface area contributed by atoms with Gasteiger partial charge in [-0.1, -0.05) is 31.4 Å². The van der Waals surface area contributed by atoms with E-state index in [9.17, 15) is 0 Å². The standard InChI is InChI=1S/C18H27NO/c1-20-18-10-9-15(16-8-5-11-19-13-16)12-17(18)14-6-3-2-4-7-14/h9-10,12,14,16,19H,2-8,11,13H2,1H3. The third-order valence-corrected chi connectivity index (χ3v) is 5.07. The molecule has 1 aliphatic heterocycles. The molecule has 1 heterocycles. The van der Waals surface area contributed by atoms with Crippen molar-refractivity contribution in [1.29, 1.82) is 0 Å². The molecule has 0 amide bonds. The van der Waals surface area contributed by atoms with Crippen molar-refractivity contribution in [2.24, 2.45) is 0 Å². The van der Waals surface area contributed by atoms with Crippen LogP contribution in [0.25, 0.3) is 0 Å². The molecule has 0 aromatic heterocycles. The number of benzene rings is 1. The normalized spacial score (nSPS) is 24.6. The molecule has 1 aromatic carbocycles. The highest BCUT2D eigenvalue weighted by molar-refractivity contribution is 5.41. The lowest BCUT2D eigenvalue weighted by molar-refractivity contribution is 0.386. The highest BCUT2D eigenvalue weighted by atomic mass is 16.5. The Kier molecular flexibility index (Phi) is 4.62. The smallest absolute Gasteiger partial charge is 0.122 e. The molecule has 1 aromatic rings. The van der Waals surface area contributed by atoms with Crippen LogP contribution in [0.15, 0.2) is 18.2 Å². The Labute approximate surface area is 122 Å². The lowest BCUT2D eigenvalue weighted by atomic mass is 9.81. The van der Waals surface area contributed by atoms with E-state index in [0.29, 0.717) is 5.92 Å². The Morgan fingerprint density at radius 2 is 1.80 bits per heavy atom. The van der Waals surface area contributed by atoms with Gasteiger partial charge in [0.15, 0.2) is 0 Å². The summed E-state index contributed by atoms with van der Waals surface area (Å²) in [4.78, 5) is 0. The summed E-state index contributed by atoms with van der Waals surface area (Å²) in [5.74, 6) is 2.51. The van der Waals surface area contributed by atoms with Crippen molar-refractivity contribution in [2.45, 2.75) is 56.8 Å². The molecular weight excluding hydrogens is 246 g/mol. The van der Waals surface area contributed by atoms with Crippen molar-refractivity contribution in [1.82, 2.24) is 5.32 Å². The van der Waals surface area contributed by atoms with Gasteiger partial charge in [0.05, 0.1) is 7.11 Å². The number of nitrogens with one attached hydrogen (secondary N) is 1. The molecule has 1 aliphatic carbocycles. The fourth-order valence-corrected chi connectivity index (χ4v) is 3.88. The topological polar surface area (TPSA) is 21.3 Å². The lowest BCUT2D eigenvalue weighted by Crippen LogP contribution is -2.28. The van der Waals surface area contributed by atoms with Gasteiger partial charge in [0.25, 0.3) is 0 Å². The van der Waals surface area contributed by atoms with Gasteiger partial charge in [0, 0.05) is 6.54 Å². The van der Waals surface area contributed by atoms with Crippen molar-refractivity contribution in [3.63, 3.8) is 0 Å². The summed E-state index contributed by atoms with van der Waals surface area (Å²) in [6.07, 6.45) is 9.46. The maximum Gasteiger partial charge on any atom is 0.122 e. The molecule has 1 atom stereocenters. The van der Waals surface area contributed by atoms with Gasteiger partial charge >= 0.3 is 0 Å². The lowest BCUT2D eigenvalue weighted by Gasteiger charge is -2.27. The molecule has 1 saturated carbocycles. The molecule has 1 N–H and O–H groups in total. The number of hydrogen-bond acceptors (Lipinski definition) is 2. The zero-order chi connectivity index (χ0) is 13.8. The molecule has 1 saturated heterocycles. The van der Waals surface area contributed by atoms with Crippen LogP contribution >= 0.6 is 0 Å². The average molecular weight is 273 g/mol. The molecule has 0 spiro atoms. The minimum absolute atomic E-state index is 0.692. The first kappa shape index (κ1) is 13.9. The molecule has 2 aliphatic rings. The number of methoxy groups -OCH3 is 1. The van der Waals surface area contributed by atoms with Crippen LogP contribution in [0.2, 0.25) is 0 Å². The Bertz CT molecular complexity index is 431. The van der Waals surface area contributed by atoms with E-state index in [1.165, 1.54) is 62.6 Å². The summed E-state index contributed by atoms with van der Waals surface area (Å²) >= 11 is 0. The summed E-state index contributed by atoms with van der Waals surface area (Å²) in [5.41, 5.74) is 2.98. The number of ether oxygens (including phenoxy) is 1. The second-order valence-electron chi connectivity index (χ2n) is 6.38. The third kappa shape index (κ3) is 3.01. The summed E-state index contributed by atoms with van der Waals surface area (Å²) in [6.45, 7) is 2.32. The Morgan fingerprint density at radius 3 is 2.50 bits per heavy atom. The minimum Gasteiger partial charge on any atom is -0.496 e. The summed E-state index contributed by atoms with van der Waals surface area (Å²) in [6, 6.07) is 6.93. The van der Waals surface area contributed by atoms with Gasteiger partial charge in [0.1, 0.15) is 5.75 Å². The summed E-state index contributed by atoms with van der Waals surface area (Å²) in [7, 11) is 1.81. The van der Waals surface area contributed by atoms with E-state index < -0.39 is 0 Å². The molecule has 2 nitrogen and oxygen atoms in total. The third-order valence-electron chi connectivity index (χ3n) is 5.07. The minimum atomic E-state index is 0.692. The van der Waals surface area contributed by atoms with Gasteiger partial charge in [-0.2, -0.15) is 0 Å². The first-order valence-electron chi connectivity index (χ1n) is 8.27. The molecule has 2 fully saturated rings. The predicted molar refractivity (Wildman–Crippen MR) is 83.7 cm³/mol. The van der Waals surface area contributed by atoms with Crippen LogP contribution in [0.4, 0.5) is 0 Å². The van der Waals surface area contributed by atoms with Crippen LogP contribution in [-0.4, -0.2) is 20.2 Å². The highest BCUT2D eigenvalue weighted by Gasteiger charge is 2.22. The molecular formula is C18H27NO. The van der Waals surface area contributed by atoms with Crippen LogP contribution in [0.1, 0.15) is 67.9 Å². The fraction of sp³-hybridized carbons (Fsp3) is 0.667. The molecule has 2 heteroatoms. The quantitative estimate of drug-likeness (QED) is 0.890. The number of rotatable bonds is 3. The molecule has 0 radical (unpaired) electrons. The van der Waals surface area contributed by atoms with Crippen LogP contribution < -0.4 is 10.1 Å². The van der Waals surface area contributed by atoms with Gasteiger partial charge in [0.2, 0.25) is 0 Å². The monoisotopic (exact) mass is 273 g/mol. The zero-order valence-electron chi connectivity index (χ0n) is 12.7. The Balaban J connectivity index is 1.85. The van der Waals surface area contributed by atoms with Gasteiger partial charge in [-0.15, -0.1) is 0 Å². The van der Waals surface area contributed by atoms with Crippen molar-refractivity contribution in [3.05, 3.63) is 29.3 Å². The second-order valence-corrected chi connectivity index (χ2v) is 6.38. The number of hydrogen-bond donors (Lipinski definition) is 1. The van der Waals surface area contributed by atoms with Crippen molar-refractivity contribution in [2.75, 3.05) is 20.2 Å². The van der Waals surface area contributed by atoms with Crippen molar-refractivity contribution < 1.29 is 4.74 Å². The van der Waals surface area contributed by atoms with E-state index in [0.717, 1.165) is 18.2 Å². The average Bonchev–Trinajstić information content (AvgIpc) is 2.56. The molecule has 110 valence electrons. The fourth-order valence-electron chi connectivity index (χ4n) is 3.88. The van der Waals surface area contributed by atoms with E-state index in [-0.39, 0.29) is 0 Å². The van der Waals surface area contributed by atoms with Crippen LogP contribution in [0.5, 0.6) is 5.75 Å². The molecule has 0 bridgehead atoms. The van der Waals surface area contributed by atoms with E-state index >= 15 is 0 Å². The van der Waals surface area contributed by atoms with Gasteiger partial charge < -0.3 is 10.1 Å². The maximum atomic E-state index is 5.63. The second kappa shape index (κ2) is 6.62. The van der Waals surface area contributed by atoms with Crippen LogP contribution in [0.3, 0.4) is 0 Å². The van der Waals surface area contributed by atoms with Crippen LogP contribution in [0, 0.1) is 0 Å². The van der Waals surface area contributed by atoms with E-state index in [4.69, 9.17) is 4.74 Å². The molecule has 1 unspecified atom stereocenters. The zero-order valence-corrected chi connectivity index (χ0v) is 12.7. The van der Waals surface area contributed by atoms with Gasteiger partial charge in [-0.3, -0.25) is 0 Å². The summed E-state index contributed by atoms with van der Waals surface area (Å²) < 4.78 is 5.63. The van der Waals surface area contributed by atoms with Gasteiger partial charge in [-0.05, 0) is 61.3 Å². The highest BCUT2D eigenvalue weighted by Crippen LogP contribution is 2.39. The number of piperidine rings is 1. The molecule has 20 heavy (non-hydrogen) atoms. The van der Waals surface area contributed by atoms with E-state index in [1.54, 1.807) is 0 Å². The molecule has 3 rings (SSSR count). The van der Waals surface area contributed by atoms with Crippen LogP contribution in [-0.2, 0) is 0 Å². The SMILES string of the molecule is COc1ccc(C2CCCNC2)cc1C1CCCCC1. The predicted octanol–water partition coefficient (Wildman–Crippen LogP) is 4.21. The van der Waals surface area contributed by atoms with E-state index in [1.807, 2.05) is 7.11 Å². The first-order chi connectivity index (χ1) is 9.88. The van der Waals surface area contributed by atoms with Crippen molar-refractivity contribution in [3.8, 4) is 5.75 Å². The first-order valence-corrected chi connectivity index (χ1v) is 8.27.